The largest absolute Gasteiger partial charge is 0.332 e. The molecule has 3 heteroatoms. The van der Waals surface area contributed by atoms with E-state index in [0.717, 1.165) is 16.5 Å². The third-order valence-corrected chi connectivity index (χ3v) is 3.33. The summed E-state index contributed by atoms with van der Waals surface area (Å²) in [6.07, 6.45) is 0. The quantitative estimate of drug-likeness (QED) is 0.844. The van der Waals surface area contributed by atoms with Gasteiger partial charge in [-0.15, -0.1) is 11.3 Å². The molecule has 1 N–H and O–H groups in total. The van der Waals surface area contributed by atoms with Crippen molar-refractivity contribution in [3.8, 4) is 0 Å². The molecule has 0 aliphatic heterocycles. The van der Waals surface area contributed by atoms with Crippen molar-refractivity contribution in [2.75, 3.05) is 5.32 Å². The maximum Gasteiger partial charge on any atom is 0.187 e. The highest BCUT2D eigenvalue weighted by molar-refractivity contribution is 7.13. The molecule has 1 aromatic carbocycles. The molecule has 1 heterocycles. The average molecular weight is 246 g/mol. The zero-order valence-corrected chi connectivity index (χ0v) is 11.6. The standard InChI is InChI=1S/C14H18N2S/c1-10-5-7-11(8-6-10)15-13-16-12(9-17-13)14(2,3)4/h5-9H,1-4H3,(H,15,16). The Hall–Kier alpha value is -1.35. The SMILES string of the molecule is Cc1ccc(Nc2nc(C(C)(C)C)cs2)cc1. The Balaban J connectivity index is 2.14. The molecule has 17 heavy (non-hydrogen) atoms. The Morgan fingerprint density at radius 3 is 2.29 bits per heavy atom. The van der Waals surface area contributed by atoms with Gasteiger partial charge < -0.3 is 5.32 Å². The fraction of sp³-hybridized carbons (Fsp3) is 0.357. The van der Waals surface area contributed by atoms with E-state index in [1.54, 1.807) is 11.3 Å². The van der Waals surface area contributed by atoms with Crippen LogP contribution in [0.2, 0.25) is 0 Å². The predicted molar refractivity (Wildman–Crippen MR) is 75.3 cm³/mol. The number of anilines is 2. The van der Waals surface area contributed by atoms with Crippen molar-refractivity contribution in [2.45, 2.75) is 33.1 Å². The van der Waals surface area contributed by atoms with Gasteiger partial charge in [0, 0.05) is 16.5 Å². The molecule has 2 aromatic rings. The minimum absolute atomic E-state index is 0.115. The van der Waals surface area contributed by atoms with Crippen LogP contribution in [0.15, 0.2) is 29.6 Å². The lowest BCUT2D eigenvalue weighted by Gasteiger charge is -2.14. The summed E-state index contributed by atoms with van der Waals surface area (Å²) in [4.78, 5) is 4.61. The Kier molecular flexibility index (Phi) is 3.20. The first-order valence-corrected chi connectivity index (χ1v) is 6.63. The second-order valence-electron chi connectivity index (χ2n) is 5.28. The lowest BCUT2D eigenvalue weighted by molar-refractivity contribution is 0.573. The minimum atomic E-state index is 0.115. The Labute approximate surface area is 107 Å². The van der Waals surface area contributed by atoms with Crippen LogP contribution in [-0.4, -0.2) is 4.98 Å². The van der Waals surface area contributed by atoms with E-state index in [9.17, 15) is 0 Å². The van der Waals surface area contributed by atoms with Gasteiger partial charge in [0.05, 0.1) is 5.69 Å². The highest BCUT2D eigenvalue weighted by atomic mass is 32.1. The van der Waals surface area contributed by atoms with Gasteiger partial charge in [-0.05, 0) is 19.1 Å². The summed E-state index contributed by atoms with van der Waals surface area (Å²) in [6.45, 7) is 8.62. The van der Waals surface area contributed by atoms with Gasteiger partial charge in [-0.1, -0.05) is 38.5 Å². The molecular formula is C14H18N2S. The molecule has 2 nitrogen and oxygen atoms in total. The van der Waals surface area contributed by atoms with Crippen LogP contribution < -0.4 is 5.32 Å². The molecule has 0 unspecified atom stereocenters. The number of aryl methyl sites for hydroxylation is 1. The molecule has 0 aliphatic rings. The van der Waals surface area contributed by atoms with E-state index >= 15 is 0 Å². The molecular weight excluding hydrogens is 228 g/mol. The van der Waals surface area contributed by atoms with Crippen molar-refractivity contribution in [3.05, 3.63) is 40.9 Å². The van der Waals surface area contributed by atoms with Gasteiger partial charge in [0.2, 0.25) is 0 Å². The van der Waals surface area contributed by atoms with Crippen LogP contribution in [0.3, 0.4) is 0 Å². The molecule has 1 aromatic heterocycles. The number of thiazole rings is 1. The fourth-order valence-electron chi connectivity index (χ4n) is 1.44. The van der Waals surface area contributed by atoms with Crippen LogP contribution in [0.4, 0.5) is 10.8 Å². The zero-order valence-electron chi connectivity index (χ0n) is 10.7. The lowest BCUT2D eigenvalue weighted by atomic mass is 9.93. The smallest absolute Gasteiger partial charge is 0.187 e. The third kappa shape index (κ3) is 3.07. The average Bonchev–Trinajstić information content (AvgIpc) is 2.69. The Morgan fingerprint density at radius 2 is 1.76 bits per heavy atom. The van der Waals surface area contributed by atoms with Crippen LogP contribution in [0.25, 0.3) is 0 Å². The van der Waals surface area contributed by atoms with Crippen LogP contribution in [0.1, 0.15) is 32.0 Å². The van der Waals surface area contributed by atoms with E-state index in [0.29, 0.717) is 0 Å². The first-order chi connectivity index (χ1) is 7.95. The molecule has 90 valence electrons. The second-order valence-corrected chi connectivity index (χ2v) is 6.14. The summed E-state index contributed by atoms with van der Waals surface area (Å²) in [5.41, 5.74) is 3.61. The summed E-state index contributed by atoms with van der Waals surface area (Å²) in [6, 6.07) is 8.35. The molecule has 0 spiro atoms. The first kappa shape index (κ1) is 12.1. The van der Waals surface area contributed by atoms with E-state index in [4.69, 9.17) is 0 Å². The van der Waals surface area contributed by atoms with Crippen molar-refractivity contribution in [1.29, 1.82) is 0 Å². The summed E-state index contributed by atoms with van der Waals surface area (Å²) in [7, 11) is 0. The van der Waals surface area contributed by atoms with Crippen LogP contribution in [-0.2, 0) is 5.41 Å². The number of aromatic nitrogens is 1. The predicted octanol–water partition coefficient (Wildman–Crippen LogP) is 4.49. The molecule has 0 saturated heterocycles. The molecule has 0 fully saturated rings. The van der Waals surface area contributed by atoms with Crippen LogP contribution >= 0.6 is 11.3 Å². The number of nitrogens with one attached hydrogen (secondary N) is 1. The van der Waals surface area contributed by atoms with Gasteiger partial charge in [-0.3, -0.25) is 0 Å². The minimum Gasteiger partial charge on any atom is -0.332 e. The molecule has 0 radical (unpaired) electrons. The number of hydrogen-bond donors (Lipinski definition) is 1. The van der Waals surface area contributed by atoms with Crippen molar-refractivity contribution in [2.24, 2.45) is 0 Å². The monoisotopic (exact) mass is 246 g/mol. The van der Waals surface area contributed by atoms with Gasteiger partial charge in [-0.25, -0.2) is 4.98 Å². The van der Waals surface area contributed by atoms with Crippen molar-refractivity contribution in [3.63, 3.8) is 0 Å². The van der Waals surface area contributed by atoms with E-state index in [1.807, 2.05) is 0 Å². The maximum absolute atomic E-state index is 4.61. The van der Waals surface area contributed by atoms with Crippen LogP contribution in [0.5, 0.6) is 0 Å². The van der Waals surface area contributed by atoms with Gasteiger partial charge in [0.15, 0.2) is 5.13 Å². The number of nitrogens with zero attached hydrogens (tertiary/aromatic N) is 1. The summed E-state index contributed by atoms with van der Waals surface area (Å²) < 4.78 is 0. The van der Waals surface area contributed by atoms with Crippen molar-refractivity contribution >= 4 is 22.2 Å². The number of benzene rings is 1. The van der Waals surface area contributed by atoms with E-state index in [1.165, 1.54) is 5.56 Å². The van der Waals surface area contributed by atoms with E-state index in [-0.39, 0.29) is 5.41 Å². The Bertz CT molecular complexity index is 492. The topological polar surface area (TPSA) is 24.9 Å². The molecule has 0 atom stereocenters. The third-order valence-electron chi connectivity index (χ3n) is 2.58. The molecule has 0 aliphatic carbocycles. The first-order valence-electron chi connectivity index (χ1n) is 5.75. The highest BCUT2D eigenvalue weighted by Crippen LogP contribution is 2.28. The van der Waals surface area contributed by atoms with Gasteiger partial charge in [-0.2, -0.15) is 0 Å². The number of rotatable bonds is 2. The van der Waals surface area contributed by atoms with Crippen molar-refractivity contribution < 1.29 is 0 Å². The summed E-state index contributed by atoms with van der Waals surface area (Å²) in [5.74, 6) is 0. The molecule has 0 amide bonds. The van der Waals surface area contributed by atoms with Gasteiger partial charge >= 0.3 is 0 Å². The molecule has 0 saturated carbocycles. The fourth-order valence-corrected chi connectivity index (χ4v) is 2.39. The van der Waals surface area contributed by atoms with E-state index in [2.05, 4.69) is 67.6 Å². The Morgan fingerprint density at radius 1 is 1.12 bits per heavy atom. The molecule has 0 bridgehead atoms. The van der Waals surface area contributed by atoms with Gasteiger partial charge in [0.25, 0.3) is 0 Å². The zero-order chi connectivity index (χ0) is 12.5. The maximum atomic E-state index is 4.61. The van der Waals surface area contributed by atoms with E-state index < -0.39 is 0 Å². The summed E-state index contributed by atoms with van der Waals surface area (Å²) in [5, 5.41) is 6.41. The highest BCUT2D eigenvalue weighted by Gasteiger charge is 2.17. The summed E-state index contributed by atoms with van der Waals surface area (Å²) >= 11 is 1.65. The normalized spacial score (nSPS) is 11.5. The van der Waals surface area contributed by atoms with Crippen molar-refractivity contribution in [1.82, 2.24) is 4.98 Å². The van der Waals surface area contributed by atoms with Gasteiger partial charge in [0.1, 0.15) is 0 Å². The number of hydrogen-bond acceptors (Lipinski definition) is 3. The second kappa shape index (κ2) is 4.49. The molecule has 2 rings (SSSR count). The van der Waals surface area contributed by atoms with Crippen LogP contribution in [0, 0.1) is 6.92 Å². The lowest BCUT2D eigenvalue weighted by Crippen LogP contribution is -2.11.